The fraction of sp³-hybridized carbons (Fsp3) is 0.462. The molecule has 0 aliphatic carbocycles. The van der Waals surface area contributed by atoms with Crippen molar-refractivity contribution >= 4 is 17.2 Å². The van der Waals surface area contributed by atoms with Gasteiger partial charge >= 0.3 is 6.18 Å². The smallest absolute Gasteiger partial charge is 0.406 e. The Hall–Kier alpha value is -3.27. The fourth-order valence-corrected chi connectivity index (χ4v) is 5.42. The number of anilines is 1. The quantitative estimate of drug-likeness (QED) is 0.512. The number of nitrogens with zero attached hydrogens (tertiary/aromatic N) is 5. The number of halogens is 3. The summed E-state index contributed by atoms with van der Waals surface area (Å²) < 4.78 is 46.2. The molecule has 0 spiro atoms. The molecule has 1 atom stereocenters. The van der Waals surface area contributed by atoms with Gasteiger partial charge in [0.25, 0.3) is 5.91 Å². The van der Waals surface area contributed by atoms with E-state index in [1.54, 1.807) is 12.3 Å². The molecule has 10 heteroatoms. The molecule has 1 fully saturated rings. The number of methoxy groups -OCH3 is 1. The lowest BCUT2D eigenvalue weighted by molar-refractivity contribution is -0.141. The van der Waals surface area contributed by atoms with Gasteiger partial charge in [0.1, 0.15) is 17.9 Å². The predicted octanol–water partition coefficient (Wildman–Crippen LogP) is 3.96. The summed E-state index contributed by atoms with van der Waals surface area (Å²) in [5, 5.41) is 0. The van der Waals surface area contributed by atoms with E-state index in [0.29, 0.717) is 17.9 Å². The van der Waals surface area contributed by atoms with E-state index in [2.05, 4.69) is 41.0 Å². The van der Waals surface area contributed by atoms with Gasteiger partial charge in [-0.3, -0.25) is 9.20 Å². The van der Waals surface area contributed by atoms with Crippen LogP contribution in [0.3, 0.4) is 0 Å². The Kier molecular flexibility index (Phi) is 6.32. The minimum absolute atomic E-state index is 0.0130. The first-order valence-electron chi connectivity index (χ1n) is 12.1. The molecule has 7 nitrogen and oxygen atoms in total. The zero-order valence-corrected chi connectivity index (χ0v) is 20.7. The van der Waals surface area contributed by atoms with E-state index in [4.69, 9.17) is 4.74 Å². The minimum Gasteiger partial charge on any atom is -0.496 e. The van der Waals surface area contributed by atoms with E-state index in [9.17, 15) is 18.0 Å². The van der Waals surface area contributed by atoms with E-state index >= 15 is 0 Å². The number of hydrogen-bond acceptors (Lipinski definition) is 5. The summed E-state index contributed by atoms with van der Waals surface area (Å²) >= 11 is 0. The van der Waals surface area contributed by atoms with Crippen LogP contribution in [0.25, 0.3) is 16.9 Å². The zero-order valence-electron chi connectivity index (χ0n) is 20.7. The Morgan fingerprint density at radius 3 is 2.72 bits per heavy atom. The SMILES string of the molecule is COc1cc(-c2cnc3cc(N4CCC(CN(C)C)C4)ccn23)cc2c1C(=O)N(CC(F)(F)F)CC2. The van der Waals surface area contributed by atoms with Crippen molar-refractivity contribution in [3.05, 3.63) is 47.8 Å². The summed E-state index contributed by atoms with van der Waals surface area (Å²) in [7, 11) is 5.63. The molecule has 0 bridgehead atoms. The summed E-state index contributed by atoms with van der Waals surface area (Å²) in [5.74, 6) is 0.261. The first-order valence-corrected chi connectivity index (χ1v) is 12.1. The van der Waals surface area contributed by atoms with E-state index < -0.39 is 18.6 Å². The van der Waals surface area contributed by atoms with Crippen LogP contribution in [0.5, 0.6) is 5.75 Å². The van der Waals surface area contributed by atoms with Crippen LogP contribution in [-0.2, 0) is 6.42 Å². The third kappa shape index (κ3) is 4.74. The van der Waals surface area contributed by atoms with Crippen LogP contribution in [0.4, 0.5) is 18.9 Å². The van der Waals surface area contributed by atoms with E-state index in [1.807, 2.05) is 16.7 Å². The molecule has 2 aliphatic heterocycles. The number of aromatic nitrogens is 2. The van der Waals surface area contributed by atoms with Gasteiger partial charge in [0.15, 0.2) is 0 Å². The van der Waals surface area contributed by atoms with Crippen LogP contribution < -0.4 is 9.64 Å². The van der Waals surface area contributed by atoms with Crippen molar-refractivity contribution in [2.45, 2.75) is 19.0 Å². The van der Waals surface area contributed by atoms with Crippen LogP contribution >= 0.6 is 0 Å². The lowest BCUT2D eigenvalue weighted by Crippen LogP contribution is -2.43. The average molecular weight is 502 g/mol. The summed E-state index contributed by atoms with van der Waals surface area (Å²) in [6.07, 6.45) is 0.814. The van der Waals surface area contributed by atoms with Gasteiger partial charge in [-0.2, -0.15) is 13.2 Å². The number of benzene rings is 1. The Bertz CT molecular complexity index is 1270. The van der Waals surface area contributed by atoms with Crippen LogP contribution in [0.2, 0.25) is 0 Å². The molecule has 2 aliphatic rings. The standard InChI is InChI=1S/C26H30F3N5O2/c1-31(2)14-17-4-7-32(15-17)20-6-9-34-21(13-30-23(34)12-20)19-10-18-5-8-33(16-26(27,28)29)25(35)24(18)22(11-19)36-3/h6,9-13,17H,4-5,7-8,14-16H2,1-3H3. The number of amides is 1. The number of fused-ring (bicyclic) bond motifs is 2. The van der Waals surface area contributed by atoms with Crippen molar-refractivity contribution in [2.24, 2.45) is 5.92 Å². The monoisotopic (exact) mass is 501 g/mol. The topological polar surface area (TPSA) is 53.3 Å². The van der Waals surface area contributed by atoms with Crippen LogP contribution in [-0.4, -0.2) is 85.2 Å². The summed E-state index contributed by atoms with van der Waals surface area (Å²) in [6.45, 7) is 1.85. The number of rotatable bonds is 6. The van der Waals surface area contributed by atoms with Crippen molar-refractivity contribution in [1.82, 2.24) is 19.2 Å². The van der Waals surface area contributed by atoms with Crippen molar-refractivity contribution in [3.63, 3.8) is 0 Å². The number of carbonyl (C=O) groups is 1. The van der Waals surface area contributed by atoms with Crippen molar-refractivity contribution in [1.29, 1.82) is 0 Å². The maximum absolute atomic E-state index is 12.9. The molecule has 0 N–H and O–H groups in total. The third-order valence-corrected chi connectivity index (χ3v) is 6.99. The third-order valence-electron chi connectivity index (χ3n) is 6.99. The number of imidazole rings is 1. The highest BCUT2D eigenvalue weighted by Crippen LogP contribution is 2.35. The molecular formula is C26H30F3N5O2. The second-order valence-corrected chi connectivity index (χ2v) is 9.92. The number of hydrogen-bond donors (Lipinski definition) is 0. The molecule has 1 amide bonds. The minimum atomic E-state index is -4.45. The molecular weight excluding hydrogens is 471 g/mol. The molecule has 4 heterocycles. The molecule has 36 heavy (non-hydrogen) atoms. The van der Waals surface area contributed by atoms with E-state index in [0.717, 1.165) is 53.5 Å². The summed E-state index contributed by atoms with van der Waals surface area (Å²) in [6, 6.07) is 7.74. The van der Waals surface area contributed by atoms with Crippen molar-refractivity contribution in [3.8, 4) is 17.0 Å². The van der Waals surface area contributed by atoms with Crippen LogP contribution in [0.15, 0.2) is 36.7 Å². The number of pyridine rings is 1. The van der Waals surface area contributed by atoms with Gasteiger partial charge in [-0.05, 0) is 56.6 Å². The molecule has 1 unspecified atom stereocenters. The normalized spacial score (nSPS) is 18.4. The summed E-state index contributed by atoms with van der Waals surface area (Å²) in [4.78, 5) is 22.9. The van der Waals surface area contributed by atoms with Crippen LogP contribution in [0, 0.1) is 5.92 Å². The van der Waals surface area contributed by atoms with Gasteiger partial charge in [0.2, 0.25) is 0 Å². The molecule has 3 aromatic rings. The second-order valence-electron chi connectivity index (χ2n) is 9.92. The highest BCUT2D eigenvalue weighted by atomic mass is 19.4. The lowest BCUT2D eigenvalue weighted by Gasteiger charge is -2.30. The Morgan fingerprint density at radius 1 is 1.19 bits per heavy atom. The average Bonchev–Trinajstić information content (AvgIpc) is 3.45. The number of alkyl halides is 3. The molecule has 0 radical (unpaired) electrons. The predicted molar refractivity (Wildman–Crippen MR) is 132 cm³/mol. The highest BCUT2D eigenvalue weighted by molar-refractivity contribution is 6.00. The van der Waals surface area contributed by atoms with E-state index in [-0.39, 0.29) is 17.9 Å². The Labute approximate surface area is 208 Å². The lowest BCUT2D eigenvalue weighted by atomic mass is 9.94. The van der Waals surface area contributed by atoms with Gasteiger partial charge in [-0.1, -0.05) is 0 Å². The number of ether oxygens (including phenoxy) is 1. The summed E-state index contributed by atoms with van der Waals surface area (Å²) in [5.41, 5.74) is 4.46. The Morgan fingerprint density at radius 2 is 2.00 bits per heavy atom. The van der Waals surface area contributed by atoms with Crippen molar-refractivity contribution in [2.75, 3.05) is 58.8 Å². The molecule has 1 aromatic carbocycles. The molecule has 0 saturated carbocycles. The zero-order chi connectivity index (χ0) is 25.6. The molecule has 2 aromatic heterocycles. The Balaban J connectivity index is 1.43. The van der Waals surface area contributed by atoms with Gasteiger partial charge in [0.05, 0.1) is 24.6 Å². The van der Waals surface area contributed by atoms with Gasteiger partial charge in [-0.25, -0.2) is 4.98 Å². The van der Waals surface area contributed by atoms with E-state index in [1.165, 1.54) is 7.11 Å². The second kappa shape index (κ2) is 9.31. The molecule has 1 saturated heterocycles. The maximum atomic E-state index is 12.9. The van der Waals surface area contributed by atoms with Crippen LogP contribution in [0.1, 0.15) is 22.3 Å². The molecule has 192 valence electrons. The maximum Gasteiger partial charge on any atom is 0.406 e. The largest absolute Gasteiger partial charge is 0.496 e. The number of carbonyl (C=O) groups excluding carboxylic acids is 1. The first kappa shape index (κ1) is 24.4. The van der Waals surface area contributed by atoms with Crippen molar-refractivity contribution < 1.29 is 22.7 Å². The van der Waals surface area contributed by atoms with Gasteiger partial charge in [-0.15, -0.1) is 0 Å². The first-order chi connectivity index (χ1) is 17.1. The van der Waals surface area contributed by atoms with Gasteiger partial charge < -0.3 is 19.4 Å². The molecule has 5 rings (SSSR count). The highest BCUT2D eigenvalue weighted by Gasteiger charge is 2.37. The fourth-order valence-electron chi connectivity index (χ4n) is 5.42. The van der Waals surface area contributed by atoms with Gasteiger partial charge in [0, 0.05) is 49.7 Å².